The number of aromatic amines is 1. The zero-order chi connectivity index (χ0) is 22.3. The molecule has 2 unspecified atom stereocenters. The minimum atomic E-state index is -0.666. The number of H-pyrrole nitrogens is 1. The molecule has 0 aliphatic heterocycles. The predicted molar refractivity (Wildman–Crippen MR) is 115 cm³/mol. The Bertz CT molecular complexity index is 803. The minimum Gasteiger partial charge on any atom is -0.464 e. The van der Waals surface area contributed by atoms with Crippen molar-refractivity contribution in [3.8, 4) is 0 Å². The molecular formula is C24H33NO5. The van der Waals surface area contributed by atoms with E-state index in [0.717, 1.165) is 16.8 Å². The highest BCUT2D eigenvalue weighted by Crippen LogP contribution is 2.27. The van der Waals surface area contributed by atoms with Crippen molar-refractivity contribution in [2.75, 3.05) is 6.61 Å². The monoisotopic (exact) mass is 415 g/mol. The van der Waals surface area contributed by atoms with Gasteiger partial charge in [-0.15, -0.1) is 0 Å². The molecular weight excluding hydrogens is 382 g/mol. The Kier molecular flexibility index (Phi) is 8.24. The van der Waals surface area contributed by atoms with Gasteiger partial charge in [0.1, 0.15) is 11.5 Å². The average molecular weight is 416 g/mol. The van der Waals surface area contributed by atoms with Crippen molar-refractivity contribution >= 4 is 11.9 Å². The van der Waals surface area contributed by atoms with Gasteiger partial charge in [0, 0.05) is 18.3 Å². The van der Waals surface area contributed by atoms with E-state index in [0.29, 0.717) is 13.0 Å². The normalized spacial score (nSPS) is 13.7. The number of carbonyl (C=O) groups excluding carboxylic acids is 2. The first-order chi connectivity index (χ1) is 14.1. The number of carbonyl (C=O) groups is 2. The maximum Gasteiger partial charge on any atom is 0.335 e. The summed E-state index contributed by atoms with van der Waals surface area (Å²) < 4.78 is 16.5. The molecule has 2 rings (SSSR count). The van der Waals surface area contributed by atoms with Gasteiger partial charge in [-0.25, -0.2) is 4.79 Å². The van der Waals surface area contributed by atoms with Crippen molar-refractivity contribution in [3.63, 3.8) is 0 Å². The van der Waals surface area contributed by atoms with E-state index in [-0.39, 0.29) is 18.0 Å². The maximum atomic E-state index is 12.9. The number of esters is 2. The molecule has 6 heteroatoms. The number of nitrogens with one attached hydrogen (secondary N) is 1. The van der Waals surface area contributed by atoms with Crippen LogP contribution in [0.25, 0.3) is 0 Å². The van der Waals surface area contributed by atoms with Gasteiger partial charge in [-0.2, -0.15) is 0 Å². The van der Waals surface area contributed by atoms with Crippen LogP contribution in [0.1, 0.15) is 64.3 Å². The molecule has 0 spiro atoms. The summed E-state index contributed by atoms with van der Waals surface area (Å²) in [5.74, 6) is -1.24. The summed E-state index contributed by atoms with van der Waals surface area (Å²) in [5, 5.41) is 0. The third kappa shape index (κ3) is 7.02. The molecule has 0 aliphatic rings. The second kappa shape index (κ2) is 10.4. The van der Waals surface area contributed by atoms with Crippen molar-refractivity contribution in [3.05, 3.63) is 59.4 Å². The molecule has 0 saturated carbocycles. The van der Waals surface area contributed by atoms with Gasteiger partial charge in [0.05, 0.1) is 12.7 Å². The second-order valence-corrected chi connectivity index (χ2v) is 8.46. The van der Waals surface area contributed by atoms with Gasteiger partial charge in [-0.1, -0.05) is 24.3 Å². The fraction of sp³-hybridized carbons (Fsp3) is 0.500. The Morgan fingerprint density at radius 1 is 1.03 bits per heavy atom. The van der Waals surface area contributed by atoms with E-state index in [2.05, 4.69) is 4.98 Å². The van der Waals surface area contributed by atoms with Gasteiger partial charge in [0.15, 0.2) is 6.10 Å². The van der Waals surface area contributed by atoms with Gasteiger partial charge in [-0.3, -0.25) is 4.79 Å². The summed E-state index contributed by atoms with van der Waals surface area (Å²) in [6.07, 6.45) is 1.43. The van der Waals surface area contributed by atoms with Gasteiger partial charge in [-0.05, 0) is 64.8 Å². The Hall–Kier alpha value is -2.60. The fourth-order valence-corrected chi connectivity index (χ4v) is 3.14. The zero-order valence-electron chi connectivity index (χ0n) is 18.7. The lowest BCUT2D eigenvalue weighted by Gasteiger charge is -2.24. The molecule has 1 heterocycles. The van der Waals surface area contributed by atoms with E-state index >= 15 is 0 Å². The van der Waals surface area contributed by atoms with Crippen LogP contribution in [-0.2, 0) is 30.2 Å². The molecule has 0 amide bonds. The molecule has 0 saturated heterocycles. The quantitative estimate of drug-likeness (QED) is 0.615. The van der Waals surface area contributed by atoms with Crippen LogP contribution in [0.4, 0.5) is 0 Å². The Balaban J connectivity index is 2.23. The molecule has 30 heavy (non-hydrogen) atoms. The number of hydrogen-bond donors (Lipinski definition) is 1. The lowest BCUT2D eigenvalue weighted by atomic mass is 9.93. The lowest BCUT2D eigenvalue weighted by molar-refractivity contribution is -0.159. The van der Waals surface area contributed by atoms with Gasteiger partial charge >= 0.3 is 11.9 Å². The smallest absolute Gasteiger partial charge is 0.335 e. The first kappa shape index (κ1) is 23.7. The molecule has 1 aromatic carbocycles. The second-order valence-electron chi connectivity index (χ2n) is 8.46. The molecule has 6 nitrogen and oxygen atoms in total. The SMILES string of the molecule is CCOC(=O)C(Cc1ccc(C(C(=O)OC(C)(C)C)c2ccc[nH]2)cc1)OC(C)C. The molecule has 2 atom stereocenters. The zero-order valence-corrected chi connectivity index (χ0v) is 18.7. The molecule has 2 aromatic rings. The summed E-state index contributed by atoms with van der Waals surface area (Å²) in [4.78, 5) is 28.2. The van der Waals surface area contributed by atoms with E-state index in [4.69, 9.17) is 14.2 Å². The number of rotatable bonds is 9. The molecule has 1 aromatic heterocycles. The van der Waals surface area contributed by atoms with E-state index in [1.54, 1.807) is 13.1 Å². The minimum absolute atomic E-state index is 0.0943. The molecule has 0 fully saturated rings. The van der Waals surface area contributed by atoms with Crippen LogP contribution in [-0.4, -0.2) is 41.3 Å². The highest BCUT2D eigenvalue weighted by molar-refractivity contribution is 5.82. The van der Waals surface area contributed by atoms with Crippen LogP contribution in [0.3, 0.4) is 0 Å². The largest absolute Gasteiger partial charge is 0.464 e. The highest BCUT2D eigenvalue weighted by atomic mass is 16.6. The van der Waals surface area contributed by atoms with E-state index in [1.807, 2.05) is 71.0 Å². The third-order valence-corrected chi connectivity index (χ3v) is 4.30. The average Bonchev–Trinajstić information content (AvgIpc) is 3.15. The van der Waals surface area contributed by atoms with Gasteiger partial charge < -0.3 is 19.2 Å². The lowest BCUT2D eigenvalue weighted by Crippen LogP contribution is -2.31. The van der Waals surface area contributed by atoms with Crippen LogP contribution < -0.4 is 0 Å². The summed E-state index contributed by atoms with van der Waals surface area (Å²) >= 11 is 0. The summed E-state index contributed by atoms with van der Waals surface area (Å²) in [7, 11) is 0. The topological polar surface area (TPSA) is 77.6 Å². The van der Waals surface area contributed by atoms with Crippen LogP contribution in [0, 0.1) is 0 Å². The predicted octanol–water partition coefficient (Wildman–Crippen LogP) is 4.39. The molecule has 0 aliphatic carbocycles. The van der Waals surface area contributed by atoms with Crippen molar-refractivity contribution in [2.45, 2.75) is 71.7 Å². The number of ether oxygens (including phenoxy) is 3. The van der Waals surface area contributed by atoms with E-state index in [9.17, 15) is 9.59 Å². The summed E-state index contributed by atoms with van der Waals surface area (Å²) in [5.41, 5.74) is 1.92. The van der Waals surface area contributed by atoms with Gasteiger partial charge in [0.25, 0.3) is 0 Å². The van der Waals surface area contributed by atoms with Crippen molar-refractivity contribution in [1.82, 2.24) is 4.98 Å². The maximum absolute atomic E-state index is 12.9. The number of benzene rings is 1. The van der Waals surface area contributed by atoms with Crippen LogP contribution in [0.15, 0.2) is 42.6 Å². The first-order valence-corrected chi connectivity index (χ1v) is 10.4. The summed E-state index contributed by atoms with van der Waals surface area (Å²) in [6, 6.07) is 11.3. The van der Waals surface area contributed by atoms with Crippen LogP contribution in [0.2, 0.25) is 0 Å². The van der Waals surface area contributed by atoms with Crippen LogP contribution >= 0.6 is 0 Å². The van der Waals surface area contributed by atoms with E-state index in [1.165, 1.54) is 0 Å². The molecule has 0 radical (unpaired) electrons. The number of aromatic nitrogens is 1. The van der Waals surface area contributed by atoms with E-state index < -0.39 is 17.6 Å². The standard InChI is InChI=1S/C24H33NO5/c1-7-28-22(26)20(29-16(2)3)15-17-10-12-18(13-11-17)21(19-9-8-14-25-19)23(27)30-24(4,5)6/h8-14,16,20-21,25H,7,15H2,1-6H3. The molecule has 1 N–H and O–H groups in total. The van der Waals surface area contributed by atoms with Crippen molar-refractivity contribution in [2.24, 2.45) is 0 Å². The molecule has 164 valence electrons. The van der Waals surface area contributed by atoms with Crippen molar-refractivity contribution < 1.29 is 23.8 Å². The Morgan fingerprint density at radius 3 is 2.20 bits per heavy atom. The summed E-state index contributed by atoms with van der Waals surface area (Å²) in [6.45, 7) is 11.4. The molecule has 0 bridgehead atoms. The Morgan fingerprint density at radius 2 is 1.70 bits per heavy atom. The van der Waals surface area contributed by atoms with Gasteiger partial charge in [0.2, 0.25) is 0 Å². The Labute approximate surface area is 178 Å². The fourth-order valence-electron chi connectivity index (χ4n) is 3.14. The van der Waals surface area contributed by atoms with Crippen LogP contribution in [0.5, 0.6) is 0 Å². The number of hydrogen-bond acceptors (Lipinski definition) is 5. The van der Waals surface area contributed by atoms with Crippen molar-refractivity contribution in [1.29, 1.82) is 0 Å². The third-order valence-electron chi connectivity index (χ3n) is 4.30. The first-order valence-electron chi connectivity index (χ1n) is 10.4. The highest BCUT2D eigenvalue weighted by Gasteiger charge is 2.29.